The van der Waals surface area contributed by atoms with Crippen molar-refractivity contribution in [3.05, 3.63) is 29.6 Å². The molecule has 1 heterocycles. The molecule has 0 amide bonds. The number of rotatable bonds is 8. The number of methoxy groups -OCH3 is 1. The Morgan fingerprint density at radius 3 is 2.38 bits per heavy atom. The van der Waals surface area contributed by atoms with Gasteiger partial charge in [0.15, 0.2) is 0 Å². The van der Waals surface area contributed by atoms with Crippen molar-refractivity contribution in [3.63, 3.8) is 0 Å². The molecule has 0 aliphatic heterocycles. The lowest BCUT2D eigenvalue weighted by atomic mass is 10.1. The van der Waals surface area contributed by atoms with Gasteiger partial charge in [0.25, 0.3) is 0 Å². The second kappa shape index (κ2) is 7.87. The summed E-state index contributed by atoms with van der Waals surface area (Å²) < 4.78 is 11.1. The maximum Gasteiger partial charge on any atom is 0.0887 e. The molecule has 120 valence electrons. The van der Waals surface area contributed by atoms with Crippen molar-refractivity contribution in [2.75, 3.05) is 13.7 Å². The molecule has 0 aliphatic carbocycles. The Labute approximate surface area is 129 Å². The topological polar surface area (TPSA) is 43.4 Å². The molecule has 0 radical (unpaired) electrons. The van der Waals surface area contributed by atoms with Crippen LogP contribution in [0.15, 0.2) is 18.2 Å². The van der Waals surface area contributed by atoms with E-state index in [-0.39, 0.29) is 11.1 Å². The second-order valence-corrected chi connectivity index (χ2v) is 6.99. The molecule has 4 nitrogen and oxygen atoms in total. The summed E-state index contributed by atoms with van der Waals surface area (Å²) in [7, 11) is 1.73. The predicted octanol–water partition coefficient (Wildman–Crippen LogP) is 3.30. The van der Waals surface area contributed by atoms with Gasteiger partial charge >= 0.3 is 0 Å². The van der Waals surface area contributed by atoms with Gasteiger partial charge in [-0.05, 0) is 53.2 Å². The van der Waals surface area contributed by atoms with Crippen molar-refractivity contribution >= 4 is 0 Å². The number of nitrogens with zero attached hydrogens (tertiary/aromatic N) is 1. The number of hydrogen-bond acceptors (Lipinski definition) is 4. The monoisotopic (exact) mass is 294 g/mol. The second-order valence-electron chi connectivity index (χ2n) is 6.99. The molecule has 1 aromatic heterocycles. The minimum absolute atomic E-state index is 0.0971. The largest absolute Gasteiger partial charge is 0.379 e. The number of ether oxygens (including phenoxy) is 2. The zero-order chi connectivity index (χ0) is 15.9. The molecule has 0 saturated heterocycles. The van der Waals surface area contributed by atoms with Crippen molar-refractivity contribution in [3.8, 4) is 0 Å². The average molecular weight is 294 g/mol. The van der Waals surface area contributed by atoms with E-state index in [4.69, 9.17) is 9.47 Å². The Hall–Kier alpha value is -0.970. The molecule has 0 unspecified atom stereocenters. The van der Waals surface area contributed by atoms with E-state index in [1.165, 1.54) is 0 Å². The van der Waals surface area contributed by atoms with Crippen LogP contribution < -0.4 is 5.32 Å². The quantitative estimate of drug-likeness (QED) is 0.747. The zero-order valence-electron chi connectivity index (χ0n) is 14.3. The maximum absolute atomic E-state index is 5.69. The first kappa shape index (κ1) is 18.1. The van der Waals surface area contributed by atoms with Crippen LogP contribution in [-0.4, -0.2) is 29.8 Å². The van der Waals surface area contributed by atoms with E-state index < -0.39 is 0 Å². The molecule has 1 N–H and O–H groups in total. The lowest BCUT2D eigenvalue weighted by Gasteiger charge is -2.22. The maximum atomic E-state index is 5.69. The van der Waals surface area contributed by atoms with Crippen LogP contribution in [0.5, 0.6) is 0 Å². The van der Waals surface area contributed by atoms with Crippen LogP contribution in [0.1, 0.15) is 52.4 Å². The first-order valence-electron chi connectivity index (χ1n) is 7.55. The van der Waals surface area contributed by atoms with Gasteiger partial charge in [-0.15, -0.1) is 0 Å². The van der Waals surface area contributed by atoms with Crippen LogP contribution in [0, 0.1) is 0 Å². The summed E-state index contributed by atoms with van der Waals surface area (Å²) in [6.45, 7) is 12.6. The highest BCUT2D eigenvalue weighted by atomic mass is 16.5. The van der Waals surface area contributed by atoms with E-state index in [0.717, 1.165) is 24.4 Å². The minimum atomic E-state index is -0.133. The van der Waals surface area contributed by atoms with Gasteiger partial charge in [-0.1, -0.05) is 6.07 Å². The fourth-order valence-corrected chi connectivity index (χ4v) is 1.66. The Bertz CT molecular complexity index is 425. The van der Waals surface area contributed by atoms with Gasteiger partial charge in [0.05, 0.1) is 23.6 Å². The molecule has 1 aromatic rings. The van der Waals surface area contributed by atoms with Crippen molar-refractivity contribution in [1.29, 1.82) is 0 Å². The SMILES string of the molecule is COC(C)(C)CCOCc1cccc(CNC(C)(C)C)n1. The molecule has 21 heavy (non-hydrogen) atoms. The number of hydrogen-bond donors (Lipinski definition) is 1. The van der Waals surface area contributed by atoms with E-state index in [9.17, 15) is 0 Å². The fourth-order valence-electron chi connectivity index (χ4n) is 1.66. The normalized spacial score (nSPS) is 12.7. The van der Waals surface area contributed by atoms with Gasteiger partial charge in [0.2, 0.25) is 0 Å². The molecule has 0 aliphatic rings. The molecule has 0 fully saturated rings. The molecule has 0 atom stereocenters. The highest BCUT2D eigenvalue weighted by Crippen LogP contribution is 2.13. The fraction of sp³-hybridized carbons (Fsp3) is 0.706. The summed E-state index contributed by atoms with van der Waals surface area (Å²) in [6.07, 6.45) is 0.870. The van der Waals surface area contributed by atoms with Crippen molar-refractivity contribution in [2.24, 2.45) is 0 Å². The molecule has 1 rings (SSSR count). The van der Waals surface area contributed by atoms with Crippen LogP contribution in [0.3, 0.4) is 0 Å². The summed E-state index contributed by atoms with van der Waals surface area (Å²) in [6, 6.07) is 6.07. The molecule has 4 heteroatoms. The standard InChI is InChI=1S/C17H30N2O2/c1-16(2,3)18-12-14-8-7-9-15(19-14)13-21-11-10-17(4,5)20-6/h7-9,18H,10-13H2,1-6H3. The highest BCUT2D eigenvalue weighted by molar-refractivity contribution is 5.10. The van der Waals surface area contributed by atoms with Gasteiger partial charge in [0, 0.05) is 25.8 Å². The number of pyridine rings is 1. The lowest BCUT2D eigenvalue weighted by Crippen LogP contribution is -2.35. The summed E-state index contributed by atoms with van der Waals surface area (Å²) in [4.78, 5) is 4.61. The van der Waals surface area contributed by atoms with Crippen LogP contribution >= 0.6 is 0 Å². The highest BCUT2D eigenvalue weighted by Gasteiger charge is 2.15. The first-order valence-corrected chi connectivity index (χ1v) is 7.55. The lowest BCUT2D eigenvalue weighted by molar-refractivity contribution is -0.0128. The Morgan fingerprint density at radius 1 is 1.10 bits per heavy atom. The van der Waals surface area contributed by atoms with E-state index in [1.807, 2.05) is 18.2 Å². The summed E-state index contributed by atoms with van der Waals surface area (Å²) in [5.74, 6) is 0. The van der Waals surface area contributed by atoms with Gasteiger partial charge in [-0.25, -0.2) is 0 Å². The van der Waals surface area contributed by atoms with Crippen LogP contribution in [0.4, 0.5) is 0 Å². The molecule has 0 aromatic carbocycles. The number of aromatic nitrogens is 1. The van der Waals surface area contributed by atoms with E-state index in [1.54, 1.807) is 7.11 Å². The predicted molar refractivity (Wildman–Crippen MR) is 86.2 cm³/mol. The van der Waals surface area contributed by atoms with Gasteiger partial charge in [-0.2, -0.15) is 0 Å². The van der Waals surface area contributed by atoms with Crippen molar-refractivity contribution < 1.29 is 9.47 Å². The molecule has 0 saturated carbocycles. The molecular weight excluding hydrogens is 264 g/mol. The summed E-state index contributed by atoms with van der Waals surface area (Å²) in [5.41, 5.74) is 1.98. The summed E-state index contributed by atoms with van der Waals surface area (Å²) in [5, 5.41) is 3.44. The third-order valence-electron chi connectivity index (χ3n) is 3.32. The van der Waals surface area contributed by atoms with Crippen LogP contribution in [0.2, 0.25) is 0 Å². The Kier molecular flexibility index (Phi) is 6.78. The molecular formula is C17H30N2O2. The van der Waals surface area contributed by atoms with Gasteiger partial charge < -0.3 is 14.8 Å². The van der Waals surface area contributed by atoms with Gasteiger partial charge in [0.1, 0.15) is 0 Å². The van der Waals surface area contributed by atoms with E-state index in [0.29, 0.717) is 13.2 Å². The van der Waals surface area contributed by atoms with Crippen LogP contribution in [-0.2, 0) is 22.6 Å². The third kappa shape index (κ3) is 8.15. The molecule has 0 spiro atoms. The van der Waals surface area contributed by atoms with E-state index >= 15 is 0 Å². The zero-order valence-corrected chi connectivity index (χ0v) is 14.3. The number of nitrogens with one attached hydrogen (secondary N) is 1. The Balaban J connectivity index is 2.39. The molecule has 0 bridgehead atoms. The van der Waals surface area contributed by atoms with Gasteiger partial charge in [-0.3, -0.25) is 4.98 Å². The Morgan fingerprint density at radius 2 is 1.76 bits per heavy atom. The van der Waals surface area contributed by atoms with Crippen LogP contribution in [0.25, 0.3) is 0 Å². The first-order chi connectivity index (χ1) is 9.72. The van der Waals surface area contributed by atoms with E-state index in [2.05, 4.69) is 44.9 Å². The smallest absolute Gasteiger partial charge is 0.0887 e. The minimum Gasteiger partial charge on any atom is -0.379 e. The summed E-state index contributed by atoms with van der Waals surface area (Å²) >= 11 is 0. The van der Waals surface area contributed by atoms with Crippen molar-refractivity contribution in [1.82, 2.24) is 10.3 Å². The third-order valence-corrected chi connectivity index (χ3v) is 3.32. The van der Waals surface area contributed by atoms with Crippen molar-refractivity contribution in [2.45, 2.75) is 65.3 Å². The average Bonchev–Trinajstić information content (AvgIpc) is 2.41.